The zero-order valence-electron chi connectivity index (χ0n) is 8.85. The van der Waals surface area contributed by atoms with Crippen LogP contribution in [0.15, 0.2) is 18.2 Å². The molecule has 1 aromatic carbocycles. The van der Waals surface area contributed by atoms with Gasteiger partial charge >= 0.3 is 6.18 Å². The van der Waals surface area contributed by atoms with E-state index in [0.717, 1.165) is 31.4 Å². The first-order chi connectivity index (χ1) is 7.89. The fourth-order valence-corrected chi connectivity index (χ4v) is 2.06. The smallest absolute Gasteiger partial charge is 0.294 e. The molecule has 0 spiro atoms. The van der Waals surface area contributed by atoms with Gasteiger partial charge in [-0.3, -0.25) is 4.79 Å². The second-order valence-electron chi connectivity index (χ2n) is 4.18. The van der Waals surface area contributed by atoms with E-state index in [1.165, 1.54) is 6.07 Å². The fraction of sp³-hybridized carbons (Fsp3) is 0.417. The van der Waals surface area contributed by atoms with Gasteiger partial charge in [-0.1, -0.05) is 18.0 Å². The molecular weight excluding hydrogens is 253 g/mol. The lowest BCUT2D eigenvalue weighted by molar-refractivity contribution is -0.137. The number of Topliss-reactive ketones (excluding diaryl/α,β-unsaturated/α-hetero) is 1. The molecule has 0 atom stereocenters. The summed E-state index contributed by atoms with van der Waals surface area (Å²) in [6, 6.07) is 2.89. The molecular formula is C12H10ClF3O. The summed E-state index contributed by atoms with van der Waals surface area (Å²) in [4.78, 5) is 11.8. The van der Waals surface area contributed by atoms with E-state index in [4.69, 9.17) is 11.6 Å². The second kappa shape index (κ2) is 4.33. The lowest BCUT2D eigenvalue weighted by Crippen LogP contribution is -2.22. The molecule has 92 valence electrons. The highest BCUT2D eigenvalue weighted by Crippen LogP contribution is 2.35. The van der Waals surface area contributed by atoms with Crippen LogP contribution in [0.5, 0.6) is 0 Å². The molecule has 2 rings (SSSR count). The van der Waals surface area contributed by atoms with Crippen LogP contribution in [0, 0.1) is 5.92 Å². The number of alkyl halides is 3. The number of hydrogen-bond donors (Lipinski definition) is 0. The number of carbonyl (C=O) groups excluding carboxylic acids is 1. The number of ketones is 1. The molecule has 1 aromatic rings. The minimum absolute atomic E-state index is 0.0655. The first-order valence-electron chi connectivity index (χ1n) is 5.30. The van der Waals surface area contributed by atoms with Gasteiger partial charge in [0.25, 0.3) is 0 Å². The third kappa shape index (κ3) is 2.46. The standard InChI is InChI=1S/C12H10ClF3O/c13-10-6-8(12(14,15)16)4-5-9(10)11(17)7-2-1-3-7/h4-7H,1-3H2. The monoisotopic (exact) mass is 262 g/mol. The molecule has 1 aliphatic carbocycles. The Morgan fingerprint density at radius 1 is 1.29 bits per heavy atom. The molecule has 1 fully saturated rings. The van der Waals surface area contributed by atoms with E-state index in [0.29, 0.717) is 0 Å². The van der Waals surface area contributed by atoms with E-state index in [9.17, 15) is 18.0 Å². The molecule has 0 heterocycles. The topological polar surface area (TPSA) is 17.1 Å². The van der Waals surface area contributed by atoms with E-state index in [2.05, 4.69) is 0 Å². The Bertz CT molecular complexity index is 450. The Balaban J connectivity index is 2.28. The van der Waals surface area contributed by atoms with Crippen molar-refractivity contribution in [3.05, 3.63) is 34.3 Å². The SMILES string of the molecule is O=C(c1ccc(C(F)(F)F)cc1Cl)C1CCC1. The van der Waals surface area contributed by atoms with Crippen LogP contribution in [-0.4, -0.2) is 5.78 Å². The Morgan fingerprint density at radius 3 is 2.35 bits per heavy atom. The summed E-state index contributed by atoms with van der Waals surface area (Å²) in [5.74, 6) is -0.209. The molecule has 0 aromatic heterocycles. The molecule has 0 aliphatic heterocycles. The quantitative estimate of drug-likeness (QED) is 0.725. The molecule has 0 radical (unpaired) electrons. The van der Waals surface area contributed by atoms with E-state index in [1.807, 2.05) is 0 Å². The van der Waals surface area contributed by atoms with Crippen molar-refractivity contribution in [2.75, 3.05) is 0 Å². The Labute approximate surface area is 102 Å². The molecule has 0 saturated heterocycles. The molecule has 1 nitrogen and oxygen atoms in total. The third-order valence-corrected chi connectivity index (χ3v) is 3.35. The van der Waals surface area contributed by atoms with Gasteiger partial charge in [0.1, 0.15) is 0 Å². The van der Waals surface area contributed by atoms with Crippen LogP contribution in [0.4, 0.5) is 13.2 Å². The third-order valence-electron chi connectivity index (χ3n) is 3.04. The van der Waals surface area contributed by atoms with Gasteiger partial charge in [-0.05, 0) is 31.0 Å². The van der Waals surface area contributed by atoms with E-state index in [1.54, 1.807) is 0 Å². The zero-order chi connectivity index (χ0) is 12.6. The highest BCUT2D eigenvalue weighted by Gasteiger charge is 2.32. The van der Waals surface area contributed by atoms with E-state index >= 15 is 0 Å². The Hall–Kier alpha value is -1.03. The molecule has 1 aliphatic rings. The molecule has 0 amide bonds. The van der Waals surface area contributed by atoms with Crippen LogP contribution in [0.1, 0.15) is 35.2 Å². The summed E-state index contributed by atoms with van der Waals surface area (Å²) in [5, 5.41) is -0.114. The number of carbonyl (C=O) groups is 1. The van der Waals surface area contributed by atoms with Gasteiger partial charge in [0.15, 0.2) is 5.78 Å². The predicted molar refractivity (Wildman–Crippen MR) is 58.1 cm³/mol. The largest absolute Gasteiger partial charge is 0.416 e. The van der Waals surface area contributed by atoms with Crippen molar-refractivity contribution in [1.29, 1.82) is 0 Å². The van der Waals surface area contributed by atoms with Crippen molar-refractivity contribution < 1.29 is 18.0 Å². The average molecular weight is 263 g/mol. The van der Waals surface area contributed by atoms with Crippen LogP contribution in [0.3, 0.4) is 0 Å². The Morgan fingerprint density at radius 2 is 1.94 bits per heavy atom. The summed E-state index contributed by atoms with van der Waals surface area (Å²) < 4.78 is 37.2. The Kier molecular flexibility index (Phi) is 3.17. The van der Waals surface area contributed by atoms with Crippen molar-refractivity contribution >= 4 is 17.4 Å². The predicted octanol–water partition coefficient (Wildman–Crippen LogP) is 4.34. The van der Waals surface area contributed by atoms with Crippen molar-refractivity contribution in [1.82, 2.24) is 0 Å². The summed E-state index contributed by atoms with van der Waals surface area (Å²) in [7, 11) is 0. The van der Waals surface area contributed by atoms with Crippen molar-refractivity contribution in [2.45, 2.75) is 25.4 Å². The lowest BCUT2D eigenvalue weighted by atomic mass is 9.80. The minimum atomic E-state index is -4.43. The first kappa shape index (κ1) is 12.4. The van der Waals surface area contributed by atoms with E-state index in [-0.39, 0.29) is 22.3 Å². The van der Waals surface area contributed by atoms with Crippen molar-refractivity contribution in [2.24, 2.45) is 5.92 Å². The van der Waals surface area contributed by atoms with Crippen LogP contribution in [-0.2, 0) is 6.18 Å². The average Bonchev–Trinajstić information content (AvgIpc) is 2.12. The van der Waals surface area contributed by atoms with Crippen molar-refractivity contribution in [3.63, 3.8) is 0 Å². The maximum absolute atomic E-state index is 12.4. The van der Waals surface area contributed by atoms with Crippen LogP contribution < -0.4 is 0 Å². The highest BCUT2D eigenvalue weighted by molar-refractivity contribution is 6.34. The van der Waals surface area contributed by atoms with Crippen molar-refractivity contribution in [3.8, 4) is 0 Å². The number of hydrogen-bond acceptors (Lipinski definition) is 1. The number of halogens is 4. The maximum atomic E-state index is 12.4. The fourth-order valence-electron chi connectivity index (χ4n) is 1.78. The lowest BCUT2D eigenvalue weighted by Gasteiger charge is -2.24. The summed E-state index contributed by atoms with van der Waals surface area (Å²) in [5.41, 5.74) is -0.628. The molecule has 0 N–H and O–H groups in total. The highest BCUT2D eigenvalue weighted by atomic mass is 35.5. The maximum Gasteiger partial charge on any atom is 0.416 e. The van der Waals surface area contributed by atoms with Gasteiger partial charge < -0.3 is 0 Å². The summed E-state index contributed by atoms with van der Waals surface area (Å²) in [6.45, 7) is 0. The van der Waals surface area contributed by atoms with Gasteiger partial charge in [-0.15, -0.1) is 0 Å². The number of rotatable bonds is 2. The summed E-state index contributed by atoms with van der Waals surface area (Å²) in [6.07, 6.45) is -1.83. The van der Waals surface area contributed by atoms with Gasteiger partial charge in [-0.2, -0.15) is 13.2 Å². The van der Waals surface area contributed by atoms with Gasteiger partial charge in [-0.25, -0.2) is 0 Å². The van der Waals surface area contributed by atoms with E-state index < -0.39 is 11.7 Å². The minimum Gasteiger partial charge on any atom is -0.294 e. The second-order valence-corrected chi connectivity index (χ2v) is 4.59. The molecule has 17 heavy (non-hydrogen) atoms. The number of benzene rings is 1. The van der Waals surface area contributed by atoms with Crippen LogP contribution in [0.2, 0.25) is 5.02 Å². The molecule has 0 unspecified atom stereocenters. The molecule has 5 heteroatoms. The van der Waals surface area contributed by atoms with Crippen LogP contribution >= 0.6 is 11.6 Å². The zero-order valence-corrected chi connectivity index (χ0v) is 9.61. The molecule has 1 saturated carbocycles. The molecule has 0 bridgehead atoms. The summed E-state index contributed by atoms with van der Waals surface area (Å²) >= 11 is 5.73. The van der Waals surface area contributed by atoms with Gasteiger partial charge in [0, 0.05) is 11.5 Å². The van der Waals surface area contributed by atoms with Crippen LogP contribution in [0.25, 0.3) is 0 Å². The normalized spacial score (nSPS) is 16.7. The first-order valence-corrected chi connectivity index (χ1v) is 5.68. The van der Waals surface area contributed by atoms with Gasteiger partial charge in [0.2, 0.25) is 0 Å². The van der Waals surface area contributed by atoms with Gasteiger partial charge in [0.05, 0.1) is 10.6 Å².